The van der Waals surface area contributed by atoms with Gasteiger partial charge in [0.2, 0.25) is 0 Å². The summed E-state index contributed by atoms with van der Waals surface area (Å²) in [6.45, 7) is 5.43. The molecule has 1 saturated heterocycles. The molecule has 1 aromatic rings. The average molecular weight is 289 g/mol. The molecule has 2 N–H and O–H groups in total. The first-order valence-electron chi connectivity index (χ1n) is 7.62. The maximum Gasteiger partial charge on any atom is 0.337 e. The van der Waals surface area contributed by atoms with Crippen molar-refractivity contribution < 1.29 is 9.53 Å². The molecule has 1 saturated carbocycles. The largest absolute Gasteiger partial charge is 0.465 e. The first kappa shape index (κ1) is 14.2. The standard InChI is InChI=1S/C16H23N3O2/c1-21-16(20)13-4-5-15(14(17)10-13)19-8-6-18(7-9-19)11-12-2-3-12/h4-5,10,12H,2-3,6-9,11,17H2,1H3. The fraction of sp³-hybridized carbons (Fsp3) is 0.562. The van der Waals surface area contributed by atoms with Gasteiger partial charge >= 0.3 is 5.97 Å². The minimum Gasteiger partial charge on any atom is -0.465 e. The maximum absolute atomic E-state index is 11.5. The van der Waals surface area contributed by atoms with Crippen molar-refractivity contribution in [2.45, 2.75) is 12.8 Å². The molecule has 3 rings (SSSR count). The Morgan fingerprint density at radius 2 is 2.00 bits per heavy atom. The lowest BCUT2D eigenvalue weighted by Crippen LogP contribution is -2.47. The Morgan fingerprint density at radius 1 is 1.29 bits per heavy atom. The maximum atomic E-state index is 11.5. The van der Waals surface area contributed by atoms with Gasteiger partial charge < -0.3 is 15.4 Å². The molecule has 0 spiro atoms. The number of nitrogen functional groups attached to an aromatic ring is 1. The zero-order valence-corrected chi connectivity index (χ0v) is 12.5. The molecule has 2 fully saturated rings. The molecule has 114 valence electrons. The van der Waals surface area contributed by atoms with Crippen LogP contribution in [0.4, 0.5) is 11.4 Å². The third-order valence-corrected chi connectivity index (χ3v) is 4.37. The molecule has 5 nitrogen and oxygen atoms in total. The summed E-state index contributed by atoms with van der Waals surface area (Å²) < 4.78 is 4.72. The summed E-state index contributed by atoms with van der Waals surface area (Å²) in [5.74, 6) is 0.600. The van der Waals surface area contributed by atoms with E-state index >= 15 is 0 Å². The summed E-state index contributed by atoms with van der Waals surface area (Å²) in [6.07, 6.45) is 2.81. The number of hydrogen-bond donors (Lipinski definition) is 1. The first-order valence-corrected chi connectivity index (χ1v) is 7.62. The molecule has 0 bridgehead atoms. The SMILES string of the molecule is COC(=O)c1ccc(N2CCN(CC3CC3)CC2)c(N)c1. The number of methoxy groups -OCH3 is 1. The highest BCUT2D eigenvalue weighted by Gasteiger charge is 2.26. The molecule has 0 aromatic heterocycles. The average Bonchev–Trinajstić information content (AvgIpc) is 3.31. The molecular formula is C16H23N3O2. The fourth-order valence-electron chi connectivity index (χ4n) is 2.92. The van der Waals surface area contributed by atoms with Crippen molar-refractivity contribution in [3.05, 3.63) is 23.8 Å². The van der Waals surface area contributed by atoms with Gasteiger partial charge in [-0.15, -0.1) is 0 Å². The van der Waals surface area contributed by atoms with Crippen LogP contribution in [0.2, 0.25) is 0 Å². The normalized spacial score (nSPS) is 19.6. The summed E-state index contributed by atoms with van der Waals surface area (Å²) in [5, 5.41) is 0. The molecule has 0 unspecified atom stereocenters. The molecular weight excluding hydrogens is 266 g/mol. The van der Waals surface area contributed by atoms with Crippen LogP contribution >= 0.6 is 0 Å². The topological polar surface area (TPSA) is 58.8 Å². The van der Waals surface area contributed by atoms with E-state index in [4.69, 9.17) is 10.5 Å². The summed E-state index contributed by atoms with van der Waals surface area (Å²) >= 11 is 0. The molecule has 0 amide bonds. The number of carbonyl (C=O) groups excluding carboxylic acids is 1. The van der Waals surface area contributed by atoms with Crippen molar-refractivity contribution >= 4 is 17.3 Å². The van der Waals surface area contributed by atoms with Gasteiger partial charge in [-0.05, 0) is 37.0 Å². The molecule has 1 aromatic carbocycles. The molecule has 5 heteroatoms. The van der Waals surface area contributed by atoms with E-state index < -0.39 is 0 Å². The number of nitrogens with zero attached hydrogens (tertiary/aromatic N) is 2. The van der Waals surface area contributed by atoms with E-state index in [1.807, 2.05) is 6.07 Å². The number of piperazine rings is 1. The van der Waals surface area contributed by atoms with E-state index in [9.17, 15) is 4.79 Å². The predicted molar refractivity (Wildman–Crippen MR) is 83.6 cm³/mol. The summed E-state index contributed by atoms with van der Waals surface area (Å²) in [5.41, 5.74) is 8.28. The monoisotopic (exact) mass is 289 g/mol. The van der Waals surface area contributed by atoms with Crippen LogP contribution in [-0.4, -0.2) is 50.7 Å². The van der Waals surface area contributed by atoms with Gasteiger partial charge in [0, 0.05) is 32.7 Å². The van der Waals surface area contributed by atoms with Crippen molar-refractivity contribution in [1.82, 2.24) is 4.90 Å². The van der Waals surface area contributed by atoms with E-state index in [0.29, 0.717) is 11.3 Å². The molecule has 21 heavy (non-hydrogen) atoms. The predicted octanol–water partition coefficient (Wildman–Crippen LogP) is 1.59. The second kappa shape index (κ2) is 5.93. The minimum atomic E-state index is -0.345. The van der Waals surface area contributed by atoms with Gasteiger partial charge in [0.05, 0.1) is 24.0 Å². The molecule has 1 aliphatic carbocycles. The van der Waals surface area contributed by atoms with Crippen molar-refractivity contribution in [3.63, 3.8) is 0 Å². The number of rotatable bonds is 4. The van der Waals surface area contributed by atoms with Crippen LogP contribution < -0.4 is 10.6 Å². The number of hydrogen-bond acceptors (Lipinski definition) is 5. The second-order valence-electron chi connectivity index (χ2n) is 6.00. The third kappa shape index (κ3) is 3.29. The smallest absolute Gasteiger partial charge is 0.337 e. The van der Waals surface area contributed by atoms with Crippen LogP contribution in [0.15, 0.2) is 18.2 Å². The number of nitrogens with two attached hydrogens (primary N) is 1. The summed E-state index contributed by atoms with van der Waals surface area (Å²) in [6, 6.07) is 5.42. The lowest BCUT2D eigenvalue weighted by molar-refractivity contribution is 0.0601. The van der Waals surface area contributed by atoms with Gasteiger partial charge in [-0.25, -0.2) is 4.79 Å². The van der Waals surface area contributed by atoms with Gasteiger partial charge in [-0.2, -0.15) is 0 Å². The van der Waals surface area contributed by atoms with Crippen molar-refractivity contribution in [1.29, 1.82) is 0 Å². The molecule has 0 radical (unpaired) electrons. The lowest BCUT2D eigenvalue weighted by atomic mass is 10.1. The van der Waals surface area contributed by atoms with Crippen molar-refractivity contribution in [3.8, 4) is 0 Å². The number of ether oxygens (including phenoxy) is 1. The highest BCUT2D eigenvalue weighted by molar-refractivity contribution is 5.92. The number of carbonyl (C=O) groups is 1. The summed E-state index contributed by atoms with van der Waals surface area (Å²) in [7, 11) is 1.38. The van der Waals surface area contributed by atoms with Crippen LogP contribution in [0.3, 0.4) is 0 Å². The van der Waals surface area contributed by atoms with Gasteiger partial charge in [-0.1, -0.05) is 0 Å². The molecule has 1 aliphatic heterocycles. The Labute approximate surface area is 125 Å². The summed E-state index contributed by atoms with van der Waals surface area (Å²) in [4.78, 5) is 16.4. The Morgan fingerprint density at radius 3 is 2.57 bits per heavy atom. The quantitative estimate of drug-likeness (QED) is 0.674. The Bertz CT molecular complexity index is 520. The Kier molecular flexibility index (Phi) is 4.01. The van der Waals surface area contributed by atoms with Crippen molar-refractivity contribution in [2.75, 3.05) is 50.5 Å². The molecule has 1 heterocycles. The minimum absolute atomic E-state index is 0.345. The van der Waals surface area contributed by atoms with E-state index in [-0.39, 0.29) is 5.97 Å². The van der Waals surface area contributed by atoms with Crippen LogP contribution in [0.25, 0.3) is 0 Å². The van der Waals surface area contributed by atoms with Gasteiger partial charge in [0.25, 0.3) is 0 Å². The highest BCUT2D eigenvalue weighted by Crippen LogP contribution is 2.31. The number of anilines is 2. The van der Waals surface area contributed by atoms with Gasteiger partial charge in [-0.3, -0.25) is 4.90 Å². The number of benzene rings is 1. The van der Waals surface area contributed by atoms with Crippen LogP contribution in [0.5, 0.6) is 0 Å². The first-order chi connectivity index (χ1) is 10.2. The molecule has 0 atom stereocenters. The molecule has 2 aliphatic rings. The van der Waals surface area contributed by atoms with Crippen molar-refractivity contribution in [2.24, 2.45) is 5.92 Å². The van der Waals surface area contributed by atoms with Gasteiger partial charge in [0.1, 0.15) is 0 Å². The van der Waals surface area contributed by atoms with Crippen LogP contribution in [0, 0.1) is 5.92 Å². The number of esters is 1. The zero-order valence-electron chi connectivity index (χ0n) is 12.5. The fourth-order valence-corrected chi connectivity index (χ4v) is 2.92. The Hall–Kier alpha value is -1.75. The van der Waals surface area contributed by atoms with E-state index in [1.54, 1.807) is 12.1 Å². The van der Waals surface area contributed by atoms with Crippen LogP contribution in [-0.2, 0) is 4.74 Å². The Balaban J connectivity index is 1.63. The second-order valence-corrected chi connectivity index (χ2v) is 6.00. The van der Waals surface area contributed by atoms with E-state index in [2.05, 4.69) is 9.80 Å². The van der Waals surface area contributed by atoms with Gasteiger partial charge in [0.15, 0.2) is 0 Å². The lowest BCUT2D eigenvalue weighted by Gasteiger charge is -2.36. The van der Waals surface area contributed by atoms with E-state index in [1.165, 1.54) is 26.5 Å². The van der Waals surface area contributed by atoms with Crippen LogP contribution in [0.1, 0.15) is 23.2 Å². The zero-order chi connectivity index (χ0) is 14.8. The highest BCUT2D eigenvalue weighted by atomic mass is 16.5. The third-order valence-electron chi connectivity index (χ3n) is 4.37. The van der Waals surface area contributed by atoms with E-state index in [0.717, 1.165) is 37.8 Å².